The van der Waals surface area contributed by atoms with E-state index >= 15 is 0 Å². The highest BCUT2D eigenvalue weighted by atomic mass is 16.6. The molecule has 0 fully saturated rings. The van der Waals surface area contributed by atoms with Crippen molar-refractivity contribution in [2.45, 2.75) is 12.3 Å². The molecule has 0 aromatic heterocycles. The summed E-state index contributed by atoms with van der Waals surface area (Å²) in [7, 11) is 0. The number of fused-ring (bicyclic) bond motifs is 3. The minimum Gasteiger partial charge on any atom is -0.449 e. The number of nitrogens with one attached hydrogen (secondary N) is 1. The zero-order valence-electron chi connectivity index (χ0n) is 17.6. The molecule has 1 aliphatic rings. The third-order valence-corrected chi connectivity index (χ3v) is 5.44. The maximum Gasteiger partial charge on any atom is 0.407 e. The van der Waals surface area contributed by atoms with Crippen molar-refractivity contribution in [3.8, 4) is 23.0 Å². The Balaban J connectivity index is 1.31. The zero-order chi connectivity index (χ0) is 23.2. The largest absolute Gasteiger partial charge is 0.449 e. The van der Waals surface area contributed by atoms with Crippen LogP contribution < -0.4 is 5.32 Å². The first-order valence-corrected chi connectivity index (χ1v) is 10.4. The fourth-order valence-electron chi connectivity index (χ4n) is 3.91. The van der Waals surface area contributed by atoms with Crippen molar-refractivity contribution in [2.75, 3.05) is 13.2 Å². The highest BCUT2D eigenvalue weighted by molar-refractivity contribution is 5.79. The van der Waals surface area contributed by atoms with Gasteiger partial charge in [0.2, 0.25) is 0 Å². The van der Waals surface area contributed by atoms with Crippen LogP contribution in [0.15, 0.2) is 66.7 Å². The maximum atomic E-state index is 12.2. The lowest BCUT2D eigenvalue weighted by atomic mass is 9.98. The lowest BCUT2D eigenvalue weighted by molar-refractivity contribution is -0.385. The molecule has 0 radical (unpaired) electrons. The lowest BCUT2D eigenvalue weighted by Crippen LogP contribution is -2.26. The van der Waals surface area contributed by atoms with Crippen LogP contribution in [-0.4, -0.2) is 30.5 Å². The number of alkyl carbamates (subject to hydrolysis) is 1. The van der Waals surface area contributed by atoms with Crippen molar-refractivity contribution >= 4 is 18.1 Å². The quantitative estimate of drug-likeness (QED) is 0.197. The number of nitro groups is 1. The molecule has 0 saturated carbocycles. The first-order valence-electron chi connectivity index (χ1n) is 10.4. The lowest BCUT2D eigenvalue weighted by Gasteiger charge is -2.14. The van der Waals surface area contributed by atoms with Crippen molar-refractivity contribution in [1.82, 2.24) is 5.32 Å². The first-order chi connectivity index (χ1) is 16.1. The summed E-state index contributed by atoms with van der Waals surface area (Å²) in [6, 6.07) is 20.3. The Morgan fingerprint density at radius 2 is 1.73 bits per heavy atom. The van der Waals surface area contributed by atoms with Gasteiger partial charge in [-0.2, -0.15) is 0 Å². The van der Waals surface area contributed by atoms with Gasteiger partial charge in [-0.3, -0.25) is 14.9 Å². The van der Waals surface area contributed by atoms with E-state index in [1.807, 2.05) is 24.3 Å². The van der Waals surface area contributed by atoms with Crippen LogP contribution in [0.25, 0.3) is 11.1 Å². The van der Waals surface area contributed by atoms with Crippen LogP contribution in [-0.2, 0) is 4.74 Å². The second-order valence-electron chi connectivity index (χ2n) is 7.46. The SMILES string of the molecule is O=Cc1ccc(C#CCCNC(=O)OCC2c3ccccc3-c3ccccc32)c([N+](=O)[O-])c1. The van der Waals surface area contributed by atoms with E-state index < -0.39 is 11.0 Å². The maximum absolute atomic E-state index is 12.2. The van der Waals surface area contributed by atoms with Gasteiger partial charge in [-0.25, -0.2) is 4.79 Å². The highest BCUT2D eigenvalue weighted by Gasteiger charge is 2.28. The average molecular weight is 440 g/mol. The van der Waals surface area contributed by atoms with Crippen LogP contribution in [0.2, 0.25) is 0 Å². The zero-order valence-corrected chi connectivity index (χ0v) is 17.6. The highest BCUT2D eigenvalue weighted by Crippen LogP contribution is 2.44. The van der Waals surface area contributed by atoms with E-state index in [2.05, 4.69) is 41.4 Å². The van der Waals surface area contributed by atoms with Crippen molar-refractivity contribution in [1.29, 1.82) is 0 Å². The fraction of sp³-hybridized carbons (Fsp3) is 0.154. The molecule has 3 aromatic carbocycles. The number of carbonyl (C=O) groups excluding carboxylic acids is 2. The summed E-state index contributed by atoms with van der Waals surface area (Å²) >= 11 is 0. The Hall–Kier alpha value is -4.44. The van der Waals surface area contributed by atoms with Crippen molar-refractivity contribution in [2.24, 2.45) is 0 Å². The van der Waals surface area contributed by atoms with E-state index in [4.69, 9.17) is 4.74 Å². The molecular weight excluding hydrogens is 420 g/mol. The predicted octanol–water partition coefficient (Wildman–Crippen LogP) is 4.69. The van der Waals surface area contributed by atoms with E-state index in [0.717, 1.165) is 22.3 Å². The van der Waals surface area contributed by atoms with Gasteiger partial charge >= 0.3 is 6.09 Å². The third kappa shape index (κ3) is 4.75. The van der Waals surface area contributed by atoms with Gasteiger partial charge in [-0.15, -0.1) is 0 Å². The predicted molar refractivity (Wildman–Crippen MR) is 123 cm³/mol. The number of hydrogen-bond acceptors (Lipinski definition) is 5. The van der Waals surface area contributed by atoms with Crippen molar-refractivity contribution < 1.29 is 19.2 Å². The van der Waals surface area contributed by atoms with E-state index in [1.54, 1.807) is 0 Å². The minimum absolute atomic E-state index is 0.0159. The van der Waals surface area contributed by atoms with E-state index in [1.165, 1.54) is 18.2 Å². The summed E-state index contributed by atoms with van der Waals surface area (Å²) in [5.74, 6) is 5.50. The van der Waals surface area contributed by atoms with Crippen LogP contribution in [0.5, 0.6) is 0 Å². The molecule has 7 heteroatoms. The number of hydrogen-bond donors (Lipinski definition) is 1. The molecule has 164 valence electrons. The number of ether oxygens (including phenoxy) is 1. The Labute approximate surface area is 190 Å². The van der Waals surface area contributed by atoms with Gasteiger partial charge in [0, 0.05) is 30.5 Å². The van der Waals surface area contributed by atoms with Crippen LogP contribution in [0.4, 0.5) is 10.5 Å². The molecule has 0 saturated heterocycles. The Kier molecular flexibility index (Phi) is 6.46. The van der Waals surface area contributed by atoms with Gasteiger partial charge < -0.3 is 10.1 Å². The van der Waals surface area contributed by atoms with Gasteiger partial charge in [-0.05, 0) is 34.4 Å². The fourth-order valence-corrected chi connectivity index (χ4v) is 3.91. The second-order valence-corrected chi connectivity index (χ2v) is 7.46. The molecular formula is C26H20N2O5. The summed E-state index contributed by atoms with van der Waals surface area (Å²) in [5, 5.41) is 13.8. The number of carbonyl (C=O) groups is 2. The van der Waals surface area contributed by atoms with Crippen LogP contribution in [0.1, 0.15) is 39.4 Å². The molecule has 0 atom stereocenters. The molecule has 3 aromatic rings. The molecule has 4 rings (SSSR count). The number of benzene rings is 3. The molecule has 1 N–H and O–H groups in total. The van der Waals surface area contributed by atoms with Crippen molar-refractivity contribution in [3.05, 3.63) is 99.1 Å². The van der Waals surface area contributed by atoms with E-state index in [-0.39, 0.29) is 42.3 Å². The second kappa shape index (κ2) is 9.79. The molecule has 0 unspecified atom stereocenters. The number of nitrogens with zero attached hydrogens (tertiary/aromatic N) is 1. The third-order valence-electron chi connectivity index (χ3n) is 5.44. The smallest absolute Gasteiger partial charge is 0.407 e. The van der Waals surface area contributed by atoms with Gasteiger partial charge in [0.05, 0.1) is 4.92 Å². The van der Waals surface area contributed by atoms with Gasteiger partial charge in [0.1, 0.15) is 18.5 Å². The molecule has 1 aliphatic carbocycles. The first kappa shape index (κ1) is 21.8. The monoisotopic (exact) mass is 440 g/mol. The van der Waals surface area contributed by atoms with Crippen LogP contribution in [0, 0.1) is 22.0 Å². The standard InChI is InChI=1S/C26H20N2O5/c29-16-18-12-13-19(25(15-18)28(31)32)7-5-6-14-27-26(30)33-17-24-22-10-3-1-8-20(22)21-9-2-4-11-23(21)24/h1-4,8-13,15-16,24H,6,14,17H2,(H,27,30). The molecule has 0 heterocycles. The van der Waals surface area contributed by atoms with Gasteiger partial charge in [0.15, 0.2) is 0 Å². The number of aldehydes is 1. The summed E-state index contributed by atoms with van der Waals surface area (Å²) in [6.45, 7) is 0.463. The number of rotatable bonds is 6. The minimum atomic E-state index is -0.577. The molecule has 7 nitrogen and oxygen atoms in total. The Bertz CT molecular complexity index is 1240. The van der Waals surface area contributed by atoms with Crippen LogP contribution >= 0.6 is 0 Å². The average Bonchev–Trinajstić information content (AvgIpc) is 3.16. The molecule has 1 amide bonds. The van der Waals surface area contributed by atoms with E-state index in [0.29, 0.717) is 6.29 Å². The summed E-state index contributed by atoms with van der Waals surface area (Å²) in [5.41, 5.74) is 4.80. The van der Waals surface area contributed by atoms with Crippen molar-refractivity contribution in [3.63, 3.8) is 0 Å². The number of nitro benzene ring substituents is 1. The Morgan fingerprint density at radius 3 is 2.36 bits per heavy atom. The summed E-state index contributed by atoms with van der Waals surface area (Å²) in [6.07, 6.45) is 0.291. The Morgan fingerprint density at radius 1 is 1.06 bits per heavy atom. The summed E-state index contributed by atoms with van der Waals surface area (Å²) in [4.78, 5) is 33.5. The van der Waals surface area contributed by atoms with Crippen LogP contribution in [0.3, 0.4) is 0 Å². The summed E-state index contributed by atoms with van der Waals surface area (Å²) < 4.78 is 5.46. The molecule has 33 heavy (non-hydrogen) atoms. The molecule has 0 bridgehead atoms. The molecule has 0 aliphatic heterocycles. The number of amides is 1. The van der Waals surface area contributed by atoms with Gasteiger partial charge in [0.25, 0.3) is 5.69 Å². The van der Waals surface area contributed by atoms with E-state index in [9.17, 15) is 19.7 Å². The molecule has 0 spiro atoms. The van der Waals surface area contributed by atoms with Gasteiger partial charge in [-0.1, -0.05) is 60.4 Å². The topological polar surface area (TPSA) is 98.5 Å². The normalized spacial score (nSPS) is 11.5.